The van der Waals surface area contributed by atoms with E-state index >= 15 is 0 Å². The van der Waals surface area contributed by atoms with Crippen molar-refractivity contribution in [1.29, 1.82) is 0 Å². The van der Waals surface area contributed by atoms with Gasteiger partial charge in [0.15, 0.2) is 6.29 Å². The average Bonchev–Trinajstić information content (AvgIpc) is 3.21. The Morgan fingerprint density at radius 2 is 1.02 bits per heavy atom. The van der Waals surface area contributed by atoms with Gasteiger partial charge in [-0.2, -0.15) is 0 Å². The molecule has 0 amide bonds. The van der Waals surface area contributed by atoms with E-state index in [1.54, 1.807) is 0 Å². The Kier molecular flexibility index (Phi) is 36.9. The van der Waals surface area contributed by atoms with Gasteiger partial charge in [-0.1, -0.05) is 152 Å². The van der Waals surface area contributed by atoms with Crippen LogP contribution in [0.25, 0.3) is 0 Å². The monoisotopic (exact) mass is 807 g/mol. The molecular weight excluding hydrogens is 721 g/mol. The van der Waals surface area contributed by atoms with Crippen LogP contribution < -0.4 is 0 Å². The van der Waals surface area contributed by atoms with Crippen molar-refractivity contribution in [2.75, 3.05) is 26.4 Å². The predicted octanol–water partition coefficient (Wildman–Crippen LogP) is 10.5. The molecule has 57 heavy (non-hydrogen) atoms. The number of carbonyl (C=O) groups is 1. The Hall–Kier alpha value is -1.85. The molecule has 9 nitrogen and oxygen atoms in total. The number of hydrogen-bond acceptors (Lipinski definition) is 9. The van der Waals surface area contributed by atoms with Crippen LogP contribution in [-0.4, -0.2) is 89.6 Å². The van der Waals surface area contributed by atoms with Crippen molar-refractivity contribution in [3.05, 3.63) is 48.6 Å². The van der Waals surface area contributed by atoms with E-state index in [-0.39, 0.29) is 19.2 Å². The number of aliphatic hydroxyl groups excluding tert-OH is 4. The highest BCUT2D eigenvalue weighted by molar-refractivity contribution is 5.69. The zero-order chi connectivity index (χ0) is 41.4. The lowest BCUT2D eigenvalue weighted by molar-refractivity contribution is -0.305. The quantitative estimate of drug-likeness (QED) is 0.0272. The van der Waals surface area contributed by atoms with E-state index in [0.717, 1.165) is 70.6 Å². The molecule has 1 rings (SSSR count). The van der Waals surface area contributed by atoms with Gasteiger partial charge in [0.05, 0.1) is 19.8 Å². The van der Waals surface area contributed by atoms with Gasteiger partial charge in [-0.15, -0.1) is 0 Å². The minimum absolute atomic E-state index is 0.122. The molecule has 0 aromatic rings. The zero-order valence-corrected chi connectivity index (χ0v) is 36.3. The SMILES string of the molecule is CCCCC/C=C\C/C=C\CCCCCCCCOCC(COC1OC(CO)C(O)C(O)C1O)OC(=O)CCCCCCCCC/C=C\C/C=C\CCCCCC. The maximum absolute atomic E-state index is 12.8. The van der Waals surface area contributed by atoms with Gasteiger partial charge in [0, 0.05) is 13.0 Å². The third kappa shape index (κ3) is 30.8. The Balaban J connectivity index is 2.27. The summed E-state index contributed by atoms with van der Waals surface area (Å²) in [7, 11) is 0. The predicted molar refractivity (Wildman–Crippen MR) is 233 cm³/mol. The van der Waals surface area contributed by atoms with Crippen molar-refractivity contribution in [3.63, 3.8) is 0 Å². The Morgan fingerprint density at radius 3 is 1.54 bits per heavy atom. The first kappa shape index (κ1) is 53.2. The van der Waals surface area contributed by atoms with E-state index in [2.05, 4.69) is 62.5 Å². The van der Waals surface area contributed by atoms with Crippen molar-refractivity contribution in [1.82, 2.24) is 0 Å². The van der Waals surface area contributed by atoms with Crippen LogP contribution >= 0.6 is 0 Å². The molecule has 1 heterocycles. The number of hydrogen-bond donors (Lipinski definition) is 4. The van der Waals surface area contributed by atoms with Gasteiger partial charge < -0.3 is 39.4 Å². The molecule has 0 aliphatic carbocycles. The lowest BCUT2D eigenvalue weighted by Gasteiger charge is -2.39. The van der Waals surface area contributed by atoms with E-state index in [0.29, 0.717) is 13.0 Å². The summed E-state index contributed by atoms with van der Waals surface area (Å²) in [5.41, 5.74) is 0. The fourth-order valence-electron chi connectivity index (χ4n) is 6.79. The molecule has 4 N–H and O–H groups in total. The van der Waals surface area contributed by atoms with Gasteiger partial charge in [0.2, 0.25) is 0 Å². The van der Waals surface area contributed by atoms with Crippen molar-refractivity contribution in [2.45, 2.75) is 224 Å². The molecule has 0 radical (unpaired) electrons. The van der Waals surface area contributed by atoms with E-state index in [1.807, 2.05) is 0 Å². The summed E-state index contributed by atoms with van der Waals surface area (Å²) >= 11 is 0. The highest BCUT2D eigenvalue weighted by Gasteiger charge is 2.44. The first-order valence-electron chi connectivity index (χ1n) is 23.2. The van der Waals surface area contributed by atoms with Gasteiger partial charge >= 0.3 is 5.97 Å². The molecular formula is C48H86O9. The molecule has 0 aromatic heterocycles. The second-order valence-electron chi connectivity index (χ2n) is 15.8. The molecule has 1 aliphatic rings. The first-order valence-corrected chi connectivity index (χ1v) is 23.2. The van der Waals surface area contributed by atoms with Gasteiger partial charge in [0.25, 0.3) is 0 Å². The highest BCUT2D eigenvalue weighted by atomic mass is 16.7. The third-order valence-electron chi connectivity index (χ3n) is 10.5. The lowest BCUT2D eigenvalue weighted by atomic mass is 9.99. The minimum atomic E-state index is -1.54. The summed E-state index contributed by atoms with van der Waals surface area (Å²) in [5.74, 6) is -0.326. The largest absolute Gasteiger partial charge is 0.457 e. The number of unbranched alkanes of at least 4 members (excludes halogenated alkanes) is 20. The van der Waals surface area contributed by atoms with E-state index in [9.17, 15) is 25.2 Å². The molecule has 0 saturated carbocycles. The number of ether oxygens (including phenoxy) is 4. The number of aliphatic hydroxyl groups is 4. The molecule has 1 aliphatic heterocycles. The van der Waals surface area contributed by atoms with Crippen LogP contribution in [0.2, 0.25) is 0 Å². The molecule has 1 saturated heterocycles. The maximum atomic E-state index is 12.8. The van der Waals surface area contributed by atoms with Gasteiger partial charge in [-0.25, -0.2) is 0 Å². The van der Waals surface area contributed by atoms with Gasteiger partial charge in [-0.3, -0.25) is 4.79 Å². The molecule has 6 atom stereocenters. The van der Waals surface area contributed by atoms with Gasteiger partial charge in [-0.05, 0) is 77.0 Å². The third-order valence-corrected chi connectivity index (χ3v) is 10.5. The second kappa shape index (κ2) is 39.6. The summed E-state index contributed by atoms with van der Waals surface area (Å²) in [6.45, 7) is 4.48. The normalized spacial score (nSPS) is 20.8. The molecule has 0 aromatic carbocycles. The summed E-state index contributed by atoms with van der Waals surface area (Å²) in [6.07, 6.45) is 41.3. The van der Waals surface area contributed by atoms with Crippen LogP contribution in [0.1, 0.15) is 187 Å². The molecule has 332 valence electrons. The smallest absolute Gasteiger partial charge is 0.306 e. The van der Waals surface area contributed by atoms with Crippen molar-refractivity contribution in [2.24, 2.45) is 0 Å². The van der Waals surface area contributed by atoms with Crippen molar-refractivity contribution in [3.8, 4) is 0 Å². The number of esters is 1. The number of allylic oxidation sites excluding steroid dienone is 8. The van der Waals surface area contributed by atoms with Crippen LogP contribution in [0, 0.1) is 0 Å². The summed E-state index contributed by atoms with van der Waals surface area (Å²) < 4.78 is 22.8. The van der Waals surface area contributed by atoms with Crippen LogP contribution in [0.5, 0.6) is 0 Å². The molecule has 0 bridgehead atoms. The molecule has 0 spiro atoms. The molecule has 1 fully saturated rings. The fraction of sp³-hybridized carbons (Fsp3) is 0.812. The first-order chi connectivity index (χ1) is 27.9. The number of rotatable bonds is 39. The standard InChI is InChI=1S/C48H86O9/c1-3-5-7-9-11-13-15-17-19-21-22-23-25-27-29-31-33-35-37-44(50)56-42(41-55-48-47(53)46(52)45(51)43(39-49)57-48)40-54-38-36-34-32-30-28-26-24-20-18-16-14-12-10-8-6-4-2/h12-15,18-21,42-43,45-49,51-53H,3-11,16-17,22-41H2,1-2H3/b14-12-,15-13-,20-18-,21-19-. The summed E-state index contributed by atoms with van der Waals surface area (Å²) in [6, 6.07) is 0. The number of carbonyl (C=O) groups excluding carboxylic acids is 1. The Bertz CT molecular complexity index is 1010. The van der Waals surface area contributed by atoms with Crippen LogP contribution in [0.4, 0.5) is 0 Å². The topological polar surface area (TPSA) is 135 Å². The lowest BCUT2D eigenvalue weighted by Crippen LogP contribution is -2.59. The van der Waals surface area contributed by atoms with E-state index in [1.165, 1.54) is 96.3 Å². The fourth-order valence-corrected chi connectivity index (χ4v) is 6.79. The van der Waals surface area contributed by atoms with Crippen LogP contribution in [0.15, 0.2) is 48.6 Å². The maximum Gasteiger partial charge on any atom is 0.306 e. The minimum Gasteiger partial charge on any atom is -0.457 e. The van der Waals surface area contributed by atoms with Crippen LogP contribution in [0.3, 0.4) is 0 Å². The van der Waals surface area contributed by atoms with E-state index < -0.39 is 43.4 Å². The van der Waals surface area contributed by atoms with Crippen molar-refractivity contribution < 1.29 is 44.2 Å². The highest BCUT2D eigenvalue weighted by Crippen LogP contribution is 2.22. The summed E-state index contributed by atoms with van der Waals surface area (Å²) in [4.78, 5) is 12.8. The van der Waals surface area contributed by atoms with E-state index in [4.69, 9.17) is 18.9 Å². The molecule has 9 heteroatoms. The Morgan fingerprint density at radius 1 is 0.561 bits per heavy atom. The van der Waals surface area contributed by atoms with Crippen molar-refractivity contribution >= 4 is 5.97 Å². The zero-order valence-electron chi connectivity index (χ0n) is 36.3. The van der Waals surface area contributed by atoms with Gasteiger partial charge in [0.1, 0.15) is 30.5 Å². The summed E-state index contributed by atoms with van der Waals surface area (Å²) in [5, 5.41) is 40.1. The molecule has 6 unspecified atom stereocenters. The Labute approximate surface area is 348 Å². The second-order valence-corrected chi connectivity index (χ2v) is 15.8. The van der Waals surface area contributed by atoms with Crippen LogP contribution in [-0.2, 0) is 23.7 Å². The average molecular weight is 807 g/mol.